The van der Waals surface area contributed by atoms with Gasteiger partial charge in [0.05, 0.1) is 19.0 Å². The monoisotopic (exact) mass is 318 g/mol. The number of hydrogen-bond donors (Lipinski definition) is 2. The molecule has 7 heteroatoms. The van der Waals surface area contributed by atoms with E-state index in [1.807, 2.05) is 10.8 Å². The lowest BCUT2D eigenvalue weighted by Gasteiger charge is -2.06. The van der Waals surface area contributed by atoms with E-state index in [1.54, 1.807) is 26.4 Å². The molecule has 2 aromatic heterocycles. The summed E-state index contributed by atoms with van der Waals surface area (Å²) in [4.78, 5) is 30.9. The van der Waals surface area contributed by atoms with E-state index in [2.05, 4.69) is 15.3 Å². The third-order valence-electron chi connectivity index (χ3n) is 3.74. The fourth-order valence-corrected chi connectivity index (χ4v) is 2.51. The number of nitrogens with one attached hydrogen (secondary N) is 2. The number of nitrogens with zero attached hydrogens (tertiary/aromatic N) is 2. The van der Waals surface area contributed by atoms with Crippen molar-refractivity contribution in [3.63, 3.8) is 0 Å². The van der Waals surface area contributed by atoms with Gasteiger partial charge < -0.3 is 19.6 Å². The quantitative estimate of drug-likeness (QED) is 0.602. The Bertz CT molecular complexity index is 674. The number of amides is 1. The van der Waals surface area contributed by atoms with Crippen molar-refractivity contribution >= 4 is 11.9 Å². The molecule has 0 atom stereocenters. The summed E-state index contributed by atoms with van der Waals surface area (Å²) in [5, 5.41) is 2.87. The molecule has 7 nitrogen and oxygen atoms in total. The molecule has 0 aliphatic heterocycles. The van der Waals surface area contributed by atoms with Crippen molar-refractivity contribution in [3.05, 3.63) is 41.2 Å². The Morgan fingerprint density at radius 3 is 2.78 bits per heavy atom. The number of imidazole rings is 1. The minimum Gasteiger partial charge on any atom is -0.465 e. The van der Waals surface area contributed by atoms with Crippen LogP contribution in [0.15, 0.2) is 18.7 Å². The first-order chi connectivity index (χ1) is 11.0. The van der Waals surface area contributed by atoms with Gasteiger partial charge in [-0.3, -0.25) is 4.79 Å². The number of esters is 1. The van der Waals surface area contributed by atoms with Crippen LogP contribution < -0.4 is 5.32 Å². The lowest BCUT2D eigenvalue weighted by atomic mass is 10.1. The van der Waals surface area contributed by atoms with Crippen molar-refractivity contribution in [2.24, 2.45) is 0 Å². The standard InChI is InChI=1S/C16H22N4O3/c1-11-13(16(22)23-3)12(2)19-14(11)15(21)18-6-4-5-8-20-9-7-17-10-20/h7,9-10,19H,4-6,8H2,1-3H3,(H,18,21). The summed E-state index contributed by atoms with van der Waals surface area (Å²) in [6, 6.07) is 0. The summed E-state index contributed by atoms with van der Waals surface area (Å²) >= 11 is 0. The Hall–Kier alpha value is -2.57. The maximum Gasteiger partial charge on any atom is 0.339 e. The van der Waals surface area contributed by atoms with Crippen LogP contribution in [0.1, 0.15) is 44.9 Å². The minimum absolute atomic E-state index is 0.205. The summed E-state index contributed by atoms with van der Waals surface area (Å²) in [6.07, 6.45) is 7.26. The Morgan fingerprint density at radius 2 is 2.13 bits per heavy atom. The molecule has 23 heavy (non-hydrogen) atoms. The first-order valence-corrected chi connectivity index (χ1v) is 7.56. The second-order valence-corrected chi connectivity index (χ2v) is 5.38. The van der Waals surface area contributed by atoms with Gasteiger partial charge in [0.25, 0.3) is 5.91 Å². The van der Waals surface area contributed by atoms with Crippen LogP contribution in [-0.4, -0.2) is 40.1 Å². The van der Waals surface area contributed by atoms with Gasteiger partial charge in [-0.05, 0) is 32.3 Å². The largest absolute Gasteiger partial charge is 0.465 e. The number of rotatable bonds is 7. The van der Waals surface area contributed by atoms with Gasteiger partial charge >= 0.3 is 5.97 Å². The Labute approximate surface area is 135 Å². The number of carbonyl (C=O) groups is 2. The molecule has 0 aliphatic rings. The molecule has 0 bridgehead atoms. The van der Waals surface area contributed by atoms with E-state index in [0.29, 0.717) is 29.1 Å². The predicted molar refractivity (Wildman–Crippen MR) is 85.4 cm³/mol. The van der Waals surface area contributed by atoms with Crippen molar-refractivity contribution in [1.29, 1.82) is 0 Å². The molecular weight excluding hydrogens is 296 g/mol. The Balaban J connectivity index is 1.85. The average Bonchev–Trinajstić information content (AvgIpc) is 3.14. The van der Waals surface area contributed by atoms with Gasteiger partial charge in [0.2, 0.25) is 0 Å². The van der Waals surface area contributed by atoms with Crippen LogP contribution in [0.3, 0.4) is 0 Å². The SMILES string of the molecule is COC(=O)c1c(C)[nH]c(C(=O)NCCCCn2ccnc2)c1C. The molecule has 0 aliphatic carbocycles. The lowest BCUT2D eigenvalue weighted by molar-refractivity contribution is 0.0599. The molecule has 2 heterocycles. The van der Waals surface area contributed by atoms with Crippen LogP contribution in [0, 0.1) is 13.8 Å². The van der Waals surface area contributed by atoms with Crippen molar-refractivity contribution < 1.29 is 14.3 Å². The highest BCUT2D eigenvalue weighted by molar-refractivity contribution is 6.00. The average molecular weight is 318 g/mol. The van der Waals surface area contributed by atoms with Gasteiger partial charge in [-0.15, -0.1) is 0 Å². The molecule has 0 spiro atoms. The van der Waals surface area contributed by atoms with Crippen LogP contribution in [-0.2, 0) is 11.3 Å². The van der Waals surface area contributed by atoms with Gasteiger partial charge in [-0.2, -0.15) is 0 Å². The molecule has 0 aromatic carbocycles. The number of unbranched alkanes of at least 4 members (excludes halogenated alkanes) is 1. The fraction of sp³-hybridized carbons (Fsp3) is 0.438. The van der Waals surface area contributed by atoms with E-state index in [-0.39, 0.29) is 5.91 Å². The van der Waals surface area contributed by atoms with Crippen molar-refractivity contribution in [2.45, 2.75) is 33.2 Å². The van der Waals surface area contributed by atoms with Gasteiger partial charge in [0.15, 0.2) is 0 Å². The van der Waals surface area contributed by atoms with Crippen LogP contribution in [0.5, 0.6) is 0 Å². The third kappa shape index (κ3) is 4.00. The van der Waals surface area contributed by atoms with Crippen LogP contribution in [0.2, 0.25) is 0 Å². The zero-order chi connectivity index (χ0) is 16.8. The molecule has 2 rings (SSSR count). The summed E-state index contributed by atoms with van der Waals surface area (Å²) < 4.78 is 6.74. The van der Waals surface area contributed by atoms with Crippen molar-refractivity contribution in [3.8, 4) is 0 Å². The maximum absolute atomic E-state index is 12.2. The fourth-order valence-electron chi connectivity index (χ4n) is 2.51. The van der Waals surface area contributed by atoms with Crippen molar-refractivity contribution in [1.82, 2.24) is 19.9 Å². The zero-order valence-electron chi connectivity index (χ0n) is 13.7. The summed E-state index contributed by atoms with van der Waals surface area (Å²) in [6.45, 7) is 4.95. The molecule has 0 saturated carbocycles. The smallest absolute Gasteiger partial charge is 0.339 e. The van der Waals surface area contributed by atoms with E-state index >= 15 is 0 Å². The van der Waals surface area contributed by atoms with E-state index in [9.17, 15) is 9.59 Å². The number of carbonyl (C=O) groups excluding carboxylic acids is 2. The first kappa shape index (κ1) is 16.8. The number of ether oxygens (including phenoxy) is 1. The number of aromatic amines is 1. The molecule has 0 saturated heterocycles. The van der Waals surface area contributed by atoms with E-state index in [4.69, 9.17) is 4.74 Å². The number of hydrogen-bond acceptors (Lipinski definition) is 4. The molecule has 0 radical (unpaired) electrons. The number of aromatic nitrogens is 3. The predicted octanol–water partition coefficient (Wildman–Crippen LogP) is 1.82. The van der Waals surface area contributed by atoms with E-state index in [0.717, 1.165) is 19.4 Å². The van der Waals surface area contributed by atoms with Gasteiger partial charge in [-0.25, -0.2) is 9.78 Å². The third-order valence-corrected chi connectivity index (χ3v) is 3.74. The molecule has 0 fully saturated rings. The van der Waals surface area contributed by atoms with Gasteiger partial charge in [0, 0.05) is 31.2 Å². The molecule has 1 amide bonds. The lowest BCUT2D eigenvalue weighted by Crippen LogP contribution is -2.25. The van der Waals surface area contributed by atoms with Crippen molar-refractivity contribution in [2.75, 3.05) is 13.7 Å². The minimum atomic E-state index is -0.435. The summed E-state index contributed by atoms with van der Waals surface area (Å²) in [5.74, 6) is -0.640. The Morgan fingerprint density at radius 1 is 1.35 bits per heavy atom. The second kappa shape index (κ2) is 7.62. The van der Waals surface area contributed by atoms with Crippen LogP contribution >= 0.6 is 0 Å². The molecule has 124 valence electrons. The Kier molecular flexibility index (Phi) is 5.56. The van der Waals surface area contributed by atoms with Crippen LogP contribution in [0.4, 0.5) is 0 Å². The summed E-state index contributed by atoms with van der Waals surface area (Å²) in [7, 11) is 1.33. The highest BCUT2D eigenvalue weighted by Gasteiger charge is 2.22. The number of methoxy groups -OCH3 is 1. The molecule has 2 N–H and O–H groups in total. The molecule has 0 unspecified atom stereocenters. The summed E-state index contributed by atoms with van der Waals surface area (Å²) in [5.41, 5.74) is 2.10. The highest BCUT2D eigenvalue weighted by atomic mass is 16.5. The van der Waals surface area contributed by atoms with Crippen LogP contribution in [0.25, 0.3) is 0 Å². The molecular formula is C16H22N4O3. The normalized spacial score (nSPS) is 10.6. The highest BCUT2D eigenvalue weighted by Crippen LogP contribution is 2.18. The van der Waals surface area contributed by atoms with Gasteiger partial charge in [-0.1, -0.05) is 0 Å². The maximum atomic E-state index is 12.2. The van der Waals surface area contributed by atoms with E-state index < -0.39 is 5.97 Å². The first-order valence-electron chi connectivity index (χ1n) is 7.56. The van der Waals surface area contributed by atoms with Gasteiger partial charge in [0.1, 0.15) is 5.69 Å². The zero-order valence-corrected chi connectivity index (χ0v) is 13.7. The number of aryl methyl sites for hydroxylation is 2. The topological polar surface area (TPSA) is 89.0 Å². The van der Waals surface area contributed by atoms with E-state index in [1.165, 1.54) is 7.11 Å². The molecule has 2 aromatic rings. The second-order valence-electron chi connectivity index (χ2n) is 5.38. The number of H-pyrrole nitrogens is 1.